The van der Waals surface area contributed by atoms with Gasteiger partial charge in [-0.3, -0.25) is 9.59 Å². The number of piperidine rings is 2. The summed E-state index contributed by atoms with van der Waals surface area (Å²) in [6, 6.07) is 0.426. The number of carbonyl (C=O) groups is 2. The average Bonchev–Trinajstić information content (AvgIpc) is 2.47. The molecular weight excluding hydrogens is 256 g/mol. The van der Waals surface area contributed by atoms with E-state index in [9.17, 15) is 9.59 Å². The molecule has 5 nitrogen and oxygen atoms in total. The predicted molar refractivity (Wildman–Crippen MR) is 76.1 cm³/mol. The quantitative estimate of drug-likeness (QED) is 0.790. The van der Waals surface area contributed by atoms with E-state index in [0.717, 1.165) is 32.2 Å². The van der Waals surface area contributed by atoms with Gasteiger partial charge in [0.2, 0.25) is 5.91 Å². The van der Waals surface area contributed by atoms with Crippen molar-refractivity contribution in [2.75, 3.05) is 26.2 Å². The van der Waals surface area contributed by atoms with Crippen molar-refractivity contribution >= 4 is 11.9 Å². The van der Waals surface area contributed by atoms with E-state index in [4.69, 9.17) is 4.74 Å². The summed E-state index contributed by atoms with van der Waals surface area (Å²) < 4.78 is 5.06. The van der Waals surface area contributed by atoms with Gasteiger partial charge in [0.25, 0.3) is 0 Å². The number of rotatable bonds is 3. The number of amides is 1. The first kappa shape index (κ1) is 15.3. The van der Waals surface area contributed by atoms with Crippen LogP contribution in [-0.4, -0.2) is 49.1 Å². The van der Waals surface area contributed by atoms with E-state index in [1.807, 2.05) is 11.8 Å². The van der Waals surface area contributed by atoms with Gasteiger partial charge in [-0.2, -0.15) is 0 Å². The fourth-order valence-electron chi connectivity index (χ4n) is 3.21. The molecule has 5 heteroatoms. The molecule has 1 amide bonds. The maximum absolute atomic E-state index is 12.5. The third-order valence-electron chi connectivity index (χ3n) is 4.40. The Morgan fingerprint density at radius 2 is 1.90 bits per heavy atom. The van der Waals surface area contributed by atoms with Gasteiger partial charge in [0, 0.05) is 25.0 Å². The van der Waals surface area contributed by atoms with Crippen molar-refractivity contribution in [2.24, 2.45) is 11.8 Å². The molecule has 0 bridgehead atoms. The molecule has 2 fully saturated rings. The van der Waals surface area contributed by atoms with E-state index in [0.29, 0.717) is 25.7 Å². The summed E-state index contributed by atoms with van der Waals surface area (Å²) in [6.07, 6.45) is 3.34. The molecule has 1 N–H and O–H groups in total. The SMILES string of the molecule is CCOC(=O)C1CCN(C(=O)C2CCNC(C)C2)CC1. The molecule has 20 heavy (non-hydrogen) atoms. The first-order valence-corrected chi connectivity index (χ1v) is 7.80. The van der Waals surface area contributed by atoms with Crippen LogP contribution in [-0.2, 0) is 14.3 Å². The third kappa shape index (κ3) is 3.72. The summed E-state index contributed by atoms with van der Waals surface area (Å²) in [4.78, 5) is 26.1. The van der Waals surface area contributed by atoms with Gasteiger partial charge in [0.05, 0.1) is 12.5 Å². The Bertz CT molecular complexity index is 351. The van der Waals surface area contributed by atoms with Gasteiger partial charge in [-0.25, -0.2) is 0 Å². The van der Waals surface area contributed by atoms with Crippen LogP contribution in [0.5, 0.6) is 0 Å². The molecule has 0 aromatic carbocycles. The Labute approximate surface area is 121 Å². The van der Waals surface area contributed by atoms with Crippen LogP contribution in [0.2, 0.25) is 0 Å². The van der Waals surface area contributed by atoms with Crippen molar-refractivity contribution in [3.05, 3.63) is 0 Å². The van der Waals surface area contributed by atoms with Crippen LogP contribution in [0.3, 0.4) is 0 Å². The Kier molecular flexibility index (Phi) is 5.40. The highest BCUT2D eigenvalue weighted by atomic mass is 16.5. The minimum Gasteiger partial charge on any atom is -0.466 e. The lowest BCUT2D eigenvalue weighted by molar-refractivity contribution is -0.152. The lowest BCUT2D eigenvalue weighted by Crippen LogP contribution is -2.47. The second-order valence-corrected chi connectivity index (χ2v) is 5.93. The Hall–Kier alpha value is -1.10. The van der Waals surface area contributed by atoms with Crippen LogP contribution in [0.4, 0.5) is 0 Å². The highest BCUT2D eigenvalue weighted by molar-refractivity contribution is 5.79. The lowest BCUT2D eigenvalue weighted by atomic mass is 9.90. The minimum absolute atomic E-state index is 0.0223. The van der Waals surface area contributed by atoms with E-state index >= 15 is 0 Å². The Morgan fingerprint density at radius 3 is 2.50 bits per heavy atom. The standard InChI is InChI=1S/C15H26N2O3/c1-3-20-15(19)12-5-8-17(9-6-12)14(18)13-4-7-16-11(2)10-13/h11-13,16H,3-10H2,1-2H3. The van der Waals surface area contributed by atoms with Gasteiger partial charge in [-0.15, -0.1) is 0 Å². The topological polar surface area (TPSA) is 58.6 Å². The largest absolute Gasteiger partial charge is 0.466 e. The number of hydrogen-bond acceptors (Lipinski definition) is 4. The number of nitrogens with one attached hydrogen (secondary N) is 1. The van der Waals surface area contributed by atoms with Crippen molar-refractivity contribution in [3.63, 3.8) is 0 Å². The number of hydrogen-bond donors (Lipinski definition) is 1. The second kappa shape index (κ2) is 7.07. The Balaban J connectivity index is 1.81. The first-order chi connectivity index (χ1) is 9.61. The van der Waals surface area contributed by atoms with Gasteiger partial charge in [-0.1, -0.05) is 0 Å². The molecule has 2 aliphatic rings. The minimum atomic E-state index is -0.102. The van der Waals surface area contributed by atoms with Crippen LogP contribution < -0.4 is 5.32 Å². The zero-order valence-corrected chi connectivity index (χ0v) is 12.6. The normalized spacial score (nSPS) is 28.2. The molecular formula is C15H26N2O3. The molecule has 2 rings (SSSR count). The van der Waals surface area contributed by atoms with Crippen LogP contribution in [0.15, 0.2) is 0 Å². The van der Waals surface area contributed by atoms with Crippen LogP contribution >= 0.6 is 0 Å². The van der Waals surface area contributed by atoms with Gasteiger partial charge in [0.15, 0.2) is 0 Å². The molecule has 0 aliphatic carbocycles. The van der Waals surface area contributed by atoms with Gasteiger partial charge in [-0.05, 0) is 46.1 Å². The smallest absolute Gasteiger partial charge is 0.309 e. The highest BCUT2D eigenvalue weighted by Crippen LogP contribution is 2.24. The molecule has 0 spiro atoms. The molecule has 2 unspecified atom stereocenters. The van der Waals surface area contributed by atoms with Gasteiger partial charge in [0.1, 0.15) is 0 Å². The molecule has 2 saturated heterocycles. The van der Waals surface area contributed by atoms with Crippen LogP contribution in [0.1, 0.15) is 39.5 Å². The number of ether oxygens (including phenoxy) is 1. The van der Waals surface area contributed by atoms with E-state index in [2.05, 4.69) is 12.2 Å². The first-order valence-electron chi connectivity index (χ1n) is 7.80. The molecule has 2 heterocycles. The summed E-state index contributed by atoms with van der Waals surface area (Å²) >= 11 is 0. The summed E-state index contributed by atoms with van der Waals surface area (Å²) in [5, 5.41) is 3.37. The summed E-state index contributed by atoms with van der Waals surface area (Å²) in [6.45, 7) is 6.71. The van der Waals surface area contributed by atoms with E-state index in [-0.39, 0.29) is 23.7 Å². The van der Waals surface area contributed by atoms with Crippen molar-refractivity contribution in [3.8, 4) is 0 Å². The maximum Gasteiger partial charge on any atom is 0.309 e. The third-order valence-corrected chi connectivity index (χ3v) is 4.40. The van der Waals surface area contributed by atoms with E-state index in [1.54, 1.807) is 0 Å². The van der Waals surface area contributed by atoms with Gasteiger partial charge >= 0.3 is 5.97 Å². The van der Waals surface area contributed by atoms with Gasteiger partial charge < -0.3 is 15.0 Å². The summed E-state index contributed by atoms with van der Waals surface area (Å²) in [5.41, 5.74) is 0. The molecule has 0 aromatic rings. The molecule has 2 aliphatic heterocycles. The molecule has 2 atom stereocenters. The Morgan fingerprint density at radius 1 is 1.20 bits per heavy atom. The number of nitrogens with zero attached hydrogens (tertiary/aromatic N) is 1. The average molecular weight is 282 g/mol. The zero-order valence-electron chi connectivity index (χ0n) is 12.6. The fourth-order valence-corrected chi connectivity index (χ4v) is 3.21. The highest BCUT2D eigenvalue weighted by Gasteiger charge is 2.32. The second-order valence-electron chi connectivity index (χ2n) is 5.93. The van der Waals surface area contributed by atoms with Crippen LogP contribution in [0, 0.1) is 11.8 Å². The van der Waals surface area contributed by atoms with Crippen molar-refractivity contribution in [2.45, 2.75) is 45.6 Å². The molecule has 114 valence electrons. The molecule has 0 aromatic heterocycles. The van der Waals surface area contributed by atoms with Crippen LogP contribution in [0.25, 0.3) is 0 Å². The van der Waals surface area contributed by atoms with Crippen molar-refractivity contribution in [1.29, 1.82) is 0 Å². The predicted octanol–water partition coefficient (Wildman–Crippen LogP) is 1.18. The fraction of sp³-hybridized carbons (Fsp3) is 0.867. The summed E-state index contributed by atoms with van der Waals surface area (Å²) in [5.74, 6) is 0.312. The zero-order chi connectivity index (χ0) is 14.5. The van der Waals surface area contributed by atoms with E-state index in [1.165, 1.54) is 0 Å². The number of esters is 1. The number of carbonyl (C=O) groups excluding carboxylic acids is 2. The number of likely N-dealkylation sites (tertiary alicyclic amines) is 1. The van der Waals surface area contributed by atoms with E-state index < -0.39 is 0 Å². The summed E-state index contributed by atoms with van der Waals surface area (Å²) in [7, 11) is 0. The maximum atomic E-state index is 12.5. The molecule has 0 saturated carbocycles. The molecule has 0 radical (unpaired) electrons. The monoisotopic (exact) mass is 282 g/mol. The lowest BCUT2D eigenvalue weighted by Gasteiger charge is -2.35. The van der Waals surface area contributed by atoms with Crippen molar-refractivity contribution in [1.82, 2.24) is 10.2 Å². The van der Waals surface area contributed by atoms with Crippen molar-refractivity contribution < 1.29 is 14.3 Å².